The molecule has 3 atom stereocenters. The van der Waals surface area contributed by atoms with E-state index in [4.69, 9.17) is 9.47 Å². The molecule has 1 heterocycles. The van der Waals surface area contributed by atoms with Gasteiger partial charge in [-0.15, -0.1) is 0 Å². The Morgan fingerprint density at radius 3 is 1.75 bits per heavy atom. The van der Waals surface area contributed by atoms with E-state index < -0.39 is 25.0 Å². The fourth-order valence-corrected chi connectivity index (χ4v) is 1.49. The van der Waals surface area contributed by atoms with E-state index >= 15 is 0 Å². The van der Waals surface area contributed by atoms with Crippen molar-refractivity contribution in [2.75, 3.05) is 13.2 Å². The minimum absolute atomic E-state index is 0. The molecule has 1 saturated carbocycles. The third kappa shape index (κ3) is 2.08. The predicted molar refractivity (Wildman–Crippen MR) is 32.3 cm³/mol. The molecule has 0 aromatic rings. The average Bonchev–Trinajstić information content (AvgIpc) is 2.58. The number of hydrogen-bond acceptors (Lipinski definition) is 2. The van der Waals surface area contributed by atoms with Crippen molar-refractivity contribution in [3.8, 4) is 0 Å². The molecule has 0 radical (unpaired) electrons. The molecule has 0 amide bonds. The van der Waals surface area contributed by atoms with Crippen molar-refractivity contribution in [3.05, 3.63) is 0 Å². The van der Waals surface area contributed by atoms with Crippen molar-refractivity contribution in [1.29, 1.82) is 0 Å². The molecular weight excluding hydrogens is 199 g/mol. The first-order valence-corrected chi connectivity index (χ1v) is 3.54. The van der Waals surface area contributed by atoms with Crippen molar-refractivity contribution >= 4 is 6.98 Å². The Morgan fingerprint density at radius 2 is 1.42 bits per heavy atom. The Balaban J connectivity index is 0.000000720. The quantitative estimate of drug-likeness (QED) is 0.462. The Hall–Kier alpha value is 1.41. The van der Waals surface area contributed by atoms with Gasteiger partial charge in [-0.25, -0.2) is 0 Å². The van der Waals surface area contributed by atoms with E-state index in [0.717, 1.165) is 0 Å². The first kappa shape index (κ1) is 11.5. The summed E-state index contributed by atoms with van der Waals surface area (Å²) in [6.07, 6.45) is -1.38. The van der Waals surface area contributed by atoms with Crippen LogP contribution in [0.4, 0.5) is 12.9 Å². The molecule has 64 valence electrons. The molecule has 2 nitrogen and oxygen atoms in total. The Kier molecular flexibility index (Phi) is 3.71. The van der Waals surface area contributed by atoms with Gasteiger partial charge < -0.3 is 22.4 Å². The molecule has 1 aliphatic carbocycles. The minimum atomic E-state index is -4.76. The van der Waals surface area contributed by atoms with Crippen LogP contribution in [0.1, 0.15) is 0 Å². The van der Waals surface area contributed by atoms with Crippen LogP contribution in [0.2, 0.25) is 5.82 Å². The van der Waals surface area contributed by atoms with Gasteiger partial charge in [0.15, 0.2) is 0 Å². The maximum Gasteiger partial charge on any atom is 1.00 e. The second-order valence-corrected chi connectivity index (χ2v) is 2.87. The molecular formula is C5H7BF3KO2. The van der Waals surface area contributed by atoms with Gasteiger partial charge in [0.05, 0.1) is 25.4 Å². The van der Waals surface area contributed by atoms with Crippen LogP contribution in [-0.2, 0) is 9.47 Å². The standard InChI is InChI=1S/C5H7BF3O2.K/c7-6(8,9)3-4-5(3)11-2-1-10-4;/h3-5H,1-2H2;/q-1;+1/t3?,4-,5+;. The SMILES string of the molecule is F[B-](F)(F)C1[C@H]2OCCO[C@@H]12.[K+]. The summed E-state index contributed by atoms with van der Waals surface area (Å²) in [5.74, 6) is -1.31. The number of rotatable bonds is 1. The monoisotopic (exact) mass is 206 g/mol. The van der Waals surface area contributed by atoms with Crippen molar-refractivity contribution in [1.82, 2.24) is 0 Å². The van der Waals surface area contributed by atoms with Gasteiger partial charge in [0.2, 0.25) is 0 Å². The average molecular weight is 206 g/mol. The predicted octanol–water partition coefficient (Wildman–Crippen LogP) is -1.99. The zero-order valence-electron chi connectivity index (χ0n) is 6.67. The number of halogens is 3. The second kappa shape index (κ2) is 3.88. The van der Waals surface area contributed by atoms with Gasteiger partial charge in [0.1, 0.15) is 0 Å². The summed E-state index contributed by atoms with van der Waals surface area (Å²) >= 11 is 0. The van der Waals surface area contributed by atoms with Gasteiger partial charge in [-0.3, -0.25) is 0 Å². The third-order valence-electron chi connectivity index (χ3n) is 2.08. The van der Waals surface area contributed by atoms with Gasteiger partial charge in [0, 0.05) is 0 Å². The third-order valence-corrected chi connectivity index (χ3v) is 2.08. The van der Waals surface area contributed by atoms with Gasteiger partial charge in [-0.1, -0.05) is 0 Å². The summed E-state index contributed by atoms with van der Waals surface area (Å²) in [5, 5.41) is 0. The fourth-order valence-electron chi connectivity index (χ4n) is 1.49. The number of ether oxygens (including phenoxy) is 2. The van der Waals surface area contributed by atoms with Gasteiger partial charge in [-0.05, 0) is 5.82 Å². The van der Waals surface area contributed by atoms with E-state index in [1.54, 1.807) is 0 Å². The van der Waals surface area contributed by atoms with Gasteiger partial charge >= 0.3 is 58.4 Å². The van der Waals surface area contributed by atoms with Crippen LogP contribution in [-0.4, -0.2) is 32.4 Å². The number of fused-ring (bicyclic) bond motifs is 1. The topological polar surface area (TPSA) is 18.5 Å². The van der Waals surface area contributed by atoms with Crippen LogP contribution in [0.3, 0.4) is 0 Å². The van der Waals surface area contributed by atoms with Crippen molar-refractivity contribution in [2.24, 2.45) is 0 Å². The zero-order chi connectivity index (χ0) is 8.06. The molecule has 1 saturated heterocycles. The van der Waals surface area contributed by atoms with Crippen molar-refractivity contribution in [2.45, 2.75) is 18.0 Å². The maximum atomic E-state index is 12.0. The smallest absolute Gasteiger partial charge is 0.449 e. The molecule has 7 heteroatoms. The van der Waals surface area contributed by atoms with Crippen molar-refractivity contribution < 1.29 is 73.8 Å². The molecule has 2 rings (SSSR count). The van der Waals surface area contributed by atoms with E-state index in [0.29, 0.717) is 13.2 Å². The second-order valence-electron chi connectivity index (χ2n) is 2.87. The fraction of sp³-hybridized carbons (Fsp3) is 1.00. The molecule has 0 N–H and O–H groups in total. The summed E-state index contributed by atoms with van der Waals surface area (Å²) in [7, 11) is 0. The first-order chi connectivity index (χ1) is 5.11. The summed E-state index contributed by atoms with van der Waals surface area (Å²) in [5.41, 5.74) is 0. The van der Waals surface area contributed by atoms with Crippen LogP contribution in [0.5, 0.6) is 0 Å². The van der Waals surface area contributed by atoms with Gasteiger partial charge in [0.25, 0.3) is 0 Å². The van der Waals surface area contributed by atoms with Crippen LogP contribution in [0.15, 0.2) is 0 Å². The van der Waals surface area contributed by atoms with Crippen LogP contribution >= 0.6 is 0 Å². The molecule has 1 aliphatic heterocycles. The van der Waals surface area contributed by atoms with E-state index in [-0.39, 0.29) is 51.4 Å². The summed E-state index contributed by atoms with van der Waals surface area (Å²) in [4.78, 5) is 0. The van der Waals surface area contributed by atoms with Crippen LogP contribution in [0.25, 0.3) is 0 Å². The Morgan fingerprint density at radius 1 is 1.00 bits per heavy atom. The molecule has 2 aliphatic rings. The zero-order valence-corrected chi connectivity index (χ0v) is 9.80. The summed E-state index contributed by atoms with van der Waals surface area (Å²) in [6, 6.07) is 0. The first-order valence-electron chi connectivity index (χ1n) is 3.54. The number of hydrogen-bond donors (Lipinski definition) is 0. The Labute approximate surface area is 111 Å². The molecule has 1 unspecified atom stereocenters. The van der Waals surface area contributed by atoms with E-state index in [2.05, 4.69) is 0 Å². The molecule has 0 bridgehead atoms. The summed E-state index contributed by atoms with van der Waals surface area (Å²) < 4.78 is 45.9. The summed E-state index contributed by atoms with van der Waals surface area (Å²) in [6.45, 7) is -4.17. The van der Waals surface area contributed by atoms with Crippen molar-refractivity contribution in [3.63, 3.8) is 0 Å². The maximum absolute atomic E-state index is 12.0. The van der Waals surface area contributed by atoms with E-state index in [9.17, 15) is 12.9 Å². The van der Waals surface area contributed by atoms with Crippen LogP contribution < -0.4 is 51.4 Å². The Bertz CT molecular complexity index is 165. The van der Waals surface area contributed by atoms with Gasteiger partial charge in [-0.2, -0.15) is 0 Å². The normalized spacial score (nSPS) is 39.8. The minimum Gasteiger partial charge on any atom is -0.449 e. The molecule has 0 spiro atoms. The van der Waals surface area contributed by atoms with E-state index in [1.807, 2.05) is 0 Å². The molecule has 0 aromatic heterocycles. The largest absolute Gasteiger partial charge is 1.00 e. The van der Waals surface area contributed by atoms with Crippen LogP contribution in [0, 0.1) is 0 Å². The molecule has 12 heavy (non-hydrogen) atoms. The molecule has 0 aromatic carbocycles. The van der Waals surface area contributed by atoms with E-state index in [1.165, 1.54) is 0 Å². The molecule has 2 fully saturated rings.